The summed E-state index contributed by atoms with van der Waals surface area (Å²) in [6.07, 6.45) is 3.06. The number of quaternary nitrogens is 1. The van der Waals surface area contributed by atoms with Gasteiger partial charge >= 0.3 is 0 Å². The van der Waals surface area contributed by atoms with Crippen LogP contribution in [0.1, 0.15) is 57.2 Å². The predicted octanol–water partition coefficient (Wildman–Crippen LogP) is -0.297. The maximum atomic E-state index is 13.1. The highest BCUT2D eigenvalue weighted by atomic mass is 35.5. The standard InChI is InChI=1S/C23H30N2O4.ClH/c1-6-14-21(24-27)20-16(11-23(2,3)12-17(20)26)25-8-7-13-9-18(28-4)19(29-5)10-15(13)22(14)25;/h9-10,14,22,27H,6-8,11-12H2,1-5H3;1H/b24-21-;. The van der Waals surface area contributed by atoms with Crippen LogP contribution < -0.4 is 26.8 Å². The Morgan fingerprint density at radius 1 is 1.20 bits per heavy atom. The molecule has 0 bridgehead atoms. The SMILES string of the molecule is CCC1/C(=N/O)C2=C(CC(C)(C)CC2=O)[NH+]2CCc3cc(OC)c(OC)cc3C12.[Cl-]. The summed E-state index contributed by atoms with van der Waals surface area (Å²) in [5.74, 6) is 1.55. The number of allylic oxidation sites excluding steroid dienone is 2. The lowest BCUT2D eigenvalue weighted by molar-refractivity contribution is -0.903. The average molecular weight is 435 g/mol. The third kappa shape index (κ3) is 3.40. The van der Waals surface area contributed by atoms with Crippen molar-refractivity contribution in [1.29, 1.82) is 0 Å². The van der Waals surface area contributed by atoms with Gasteiger partial charge in [-0.25, -0.2) is 0 Å². The highest BCUT2D eigenvalue weighted by Gasteiger charge is 2.52. The van der Waals surface area contributed by atoms with Crippen LogP contribution in [-0.4, -0.2) is 37.5 Å². The lowest BCUT2D eigenvalue weighted by Crippen LogP contribution is -3.14. The van der Waals surface area contributed by atoms with Gasteiger partial charge in [-0.2, -0.15) is 0 Å². The zero-order valence-corrected chi connectivity index (χ0v) is 19.1. The highest BCUT2D eigenvalue weighted by Crippen LogP contribution is 2.44. The lowest BCUT2D eigenvalue weighted by atomic mass is 9.67. The Balaban J connectivity index is 0.00000256. The Kier molecular flexibility index (Phi) is 6.21. The Bertz CT molecular complexity index is 922. The van der Waals surface area contributed by atoms with Crippen LogP contribution in [-0.2, 0) is 11.2 Å². The first-order valence-corrected chi connectivity index (χ1v) is 10.4. The molecule has 0 saturated heterocycles. The van der Waals surface area contributed by atoms with Gasteiger partial charge < -0.3 is 27.1 Å². The third-order valence-electron chi connectivity index (χ3n) is 6.84. The van der Waals surface area contributed by atoms with E-state index in [9.17, 15) is 10.0 Å². The van der Waals surface area contributed by atoms with Crippen LogP contribution >= 0.6 is 0 Å². The smallest absolute Gasteiger partial charge is 0.171 e. The summed E-state index contributed by atoms with van der Waals surface area (Å²) in [7, 11) is 3.31. The monoisotopic (exact) mass is 434 g/mol. The van der Waals surface area contributed by atoms with Crippen LogP contribution in [0.5, 0.6) is 11.5 Å². The van der Waals surface area contributed by atoms with E-state index >= 15 is 0 Å². The summed E-state index contributed by atoms with van der Waals surface area (Å²) >= 11 is 0. The van der Waals surface area contributed by atoms with Crippen molar-refractivity contribution < 1.29 is 36.8 Å². The first-order chi connectivity index (χ1) is 13.8. The largest absolute Gasteiger partial charge is 1.00 e. The van der Waals surface area contributed by atoms with Crippen molar-refractivity contribution in [2.24, 2.45) is 16.5 Å². The number of halogens is 1. The van der Waals surface area contributed by atoms with E-state index in [1.54, 1.807) is 14.2 Å². The van der Waals surface area contributed by atoms with E-state index in [2.05, 4.69) is 38.1 Å². The number of methoxy groups -OCH3 is 2. The van der Waals surface area contributed by atoms with Crippen molar-refractivity contribution >= 4 is 11.5 Å². The second kappa shape index (κ2) is 8.23. The maximum Gasteiger partial charge on any atom is 0.171 e. The number of nitrogens with zero attached hydrogens (tertiary/aromatic N) is 1. The van der Waals surface area contributed by atoms with Gasteiger partial charge in [0.25, 0.3) is 0 Å². The number of nitrogens with one attached hydrogen (secondary N) is 1. The van der Waals surface area contributed by atoms with Gasteiger partial charge in [-0.05, 0) is 29.5 Å². The molecule has 2 N–H and O–H groups in total. The van der Waals surface area contributed by atoms with Crippen molar-refractivity contribution in [1.82, 2.24) is 0 Å². The number of Topliss-reactive ketones (excluding diaryl/α,β-unsaturated/α-hetero) is 1. The maximum absolute atomic E-state index is 13.1. The number of hydrogen-bond donors (Lipinski definition) is 2. The zero-order valence-electron chi connectivity index (χ0n) is 18.3. The molecule has 1 aromatic carbocycles. The average Bonchev–Trinajstić information content (AvgIpc) is 2.70. The van der Waals surface area contributed by atoms with Gasteiger partial charge in [-0.1, -0.05) is 25.9 Å². The molecular weight excluding hydrogens is 404 g/mol. The number of carbonyl (C=O) groups excluding carboxylic acids is 1. The van der Waals surface area contributed by atoms with Crippen molar-refractivity contribution in [3.05, 3.63) is 34.5 Å². The normalized spacial score (nSPS) is 28.2. The molecular formula is C23H31ClN2O4. The first kappa shape index (κ1) is 22.6. The summed E-state index contributed by atoms with van der Waals surface area (Å²) in [6.45, 7) is 7.32. The molecule has 2 aliphatic heterocycles. The molecule has 164 valence electrons. The van der Waals surface area contributed by atoms with E-state index in [0.29, 0.717) is 23.5 Å². The Labute approximate surface area is 184 Å². The molecule has 6 nitrogen and oxygen atoms in total. The fourth-order valence-electron chi connectivity index (χ4n) is 5.64. The summed E-state index contributed by atoms with van der Waals surface area (Å²) in [5.41, 5.74) is 4.75. The van der Waals surface area contributed by atoms with Crippen LogP contribution in [0.3, 0.4) is 0 Å². The van der Waals surface area contributed by atoms with Gasteiger partial charge in [-0.15, -0.1) is 0 Å². The lowest BCUT2D eigenvalue weighted by Gasteiger charge is -2.46. The fourth-order valence-corrected chi connectivity index (χ4v) is 5.64. The van der Waals surface area contributed by atoms with Gasteiger partial charge in [0.15, 0.2) is 17.3 Å². The quantitative estimate of drug-likeness (QED) is 0.506. The minimum absolute atomic E-state index is 0. The molecule has 3 unspecified atom stereocenters. The van der Waals surface area contributed by atoms with Gasteiger partial charge in [0.05, 0.1) is 32.3 Å². The van der Waals surface area contributed by atoms with Gasteiger partial charge in [-0.3, -0.25) is 9.69 Å². The molecule has 4 rings (SSSR count). The number of carbonyl (C=O) groups is 1. The molecule has 0 aromatic heterocycles. The summed E-state index contributed by atoms with van der Waals surface area (Å²) in [5, 5.41) is 13.6. The minimum atomic E-state index is -0.0784. The Morgan fingerprint density at radius 2 is 1.87 bits per heavy atom. The second-order valence-corrected chi connectivity index (χ2v) is 9.20. The van der Waals surface area contributed by atoms with Crippen LogP contribution in [0.15, 0.2) is 28.6 Å². The molecule has 3 aliphatic rings. The zero-order chi connectivity index (χ0) is 20.9. The molecule has 1 aliphatic carbocycles. The van der Waals surface area contributed by atoms with Crippen LogP contribution in [0.4, 0.5) is 0 Å². The Morgan fingerprint density at radius 3 is 2.47 bits per heavy atom. The van der Waals surface area contributed by atoms with Crippen molar-refractivity contribution in [2.75, 3.05) is 20.8 Å². The van der Waals surface area contributed by atoms with Crippen LogP contribution in [0.25, 0.3) is 0 Å². The van der Waals surface area contributed by atoms with Gasteiger partial charge in [0, 0.05) is 24.8 Å². The summed E-state index contributed by atoms with van der Waals surface area (Å²) < 4.78 is 11.1. The number of hydrogen-bond acceptors (Lipinski definition) is 5. The molecule has 0 spiro atoms. The topological polar surface area (TPSA) is 72.6 Å². The van der Waals surface area contributed by atoms with E-state index < -0.39 is 0 Å². The molecule has 1 aromatic rings. The molecule has 0 radical (unpaired) electrons. The number of ether oxygens (including phenoxy) is 2. The van der Waals surface area contributed by atoms with Gasteiger partial charge in [0.2, 0.25) is 0 Å². The van der Waals surface area contributed by atoms with E-state index in [0.717, 1.165) is 37.3 Å². The molecule has 0 fully saturated rings. The number of rotatable bonds is 3. The fraction of sp³-hybridized carbons (Fsp3) is 0.565. The molecule has 7 heteroatoms. The molecule has 0 amide bonds. The van der Waals surface area contributed by atoms with Crippen molar-refractivity contribution in [3.8, 4) is 11.5 Å². The summed E-state index contributed by atoms with van der Waals surface area (Å²) in [6, 6.07) is 4.26. The number of benzene rings is 1. The molecule has 0 saturated carbocycles. The second-order valence-electron chi connectivity index (χ2n) is 9.20. The van der Waals surface area contributed by atoms with E-state index in [4.69, 9.17) is 9.47 Å². The molecule has 30 heavy (non-hydrogen) atoms. The number of oxime groups is 1. The van der Waals surface area contributed by atoms with Crippen LogP contribution in [0.2, 0.25) is 0 Å². The van der Waals surface area contributed by atoms with E-state index in [1.807, 2.05) is 0 Å². The Hall–Kier alpha value is -2.05. The molecule has 3 atom stereocenters. The van der Waals surface area contributed by atoms with E-state index in [1.165, 1.54) is 16.0 Å². The number of ketones is 1. The highest BCUT2D eigenvalue weighted by molar-refractivity contribution is 6.24. The molecule has 2 heterocycles. The third-order valence-corrected chi connectivity index (χ3v) is 6.84. The van der Waals surface area contributed by atoms with Crippen molar-refractivity contribution in [3.63, 3.8) is 0 Å². The van der Waals surface area contributed by atoms with Crippen molar-refractivity contribution in [2.45, 2.75) is 52.5 Å². The minimum Gasteiger partial charge on any atom is -1.00 e. The number of fused-ring (bicyclic) bond motifs is 4. The van der Waals surface area contributed by atoms with Gasteiger partial charge in [0.1, 0.15) is 17.5 Å². The first-order valence-electron chi connectivity index (χ1n) is 10.4. The predicted molar refractivity (Wildman–Crippen MR) is 110 cm³/mol. The summed E-state index contributed by atoms with van der Waals surface area (Å²) in [4.78, 5) is 14.4. The van der Waals surface area contributed by atoms with E-state index in [-0.39, 0.29) is 35.6 Å². The van der Waals surface area contributed by atoms with Crippen LogP contribution in [0, 0.1) is 11.3 Å².